The van der Waals surface area contributed by atoms with E-state index in [9.17, 15) is 13.2 Å². The lowest BCUT2D eigenvalue weighted by Gasteiger charge is -2.27. The van der Waals surface area contributed by atoms with Crippen LogP contribution in [0.25, 0.3) is 0 Å². The topological polar surface area (TPSA) is 69.7 Å². The van der Waals surface area contributed by atoms with Crippen LogP contribution >= 0.6 is 0 Å². The molecule has 1 aromatic rings. The van der Waals surface area contributed by atoms with Crippen molar-refractivity contribution in [2.75, 3.05) is 33.7 Å². The fourth-order valence-electron chi connectivity index (χ4n) is 2.77. The van der Waals surface area contributed by atoms with Crippen LogP contribution in [0.5, 0.6) is 0 Å². The standard InChI is InChI=1S/C16H25N3O3S/c1-4-11-19(14-9-10-17-12-14)23(21,22)15-7-5-13(6-8-15)16(20)18(2)3/h5-8,14,17H,4,9-12H2,1-3H3. The SMILES string of the molecule is CCCN(C1CCNC1)S(=O)(=O)c1ccc(C(=O)N(C)C)cc1. The van der Waals surface area contributed by atoms with Gasteiger partial charge in [0.1, 0.15) is 0 Å². The van der Waals surface area contributed by atoms with Gasteiger partial charge >= 0.3 is 0 Å². The number of carbonyl (C=O) groups is 1. The van der Waals surface area contributed by atoms with Gasteiger partial charge in [-0.3, -0.25) is 4.79 Å². The quantitative estimate of drug-likeness (QED) is 0.844. The Morgan fingerprint density at radius 1 is 1.26 bits per heavy atom. The zero-order chi connectivity index (χ0) is 17.0. The van der Waals surface area contributed by atoms with Crippen molar-refractivity contribution in [2.24, 2.45) is 0 Å². The lowest BCUT2D eigenvalue weighted by molar-refractivity contribution is 0.0827. The number of carbonyl (C=O) groups excluding carboxylic acids is 1. The third-order valence-electron chi connectivity index (χ3n) is 4.00. The van der Waals surface area contributed by atoms with Gasteiger partial charge in [0.2, 0.25) is 10.0 Å². The molecule has 0 aromatic heterocycles. The van der Waals surface area contributed by atoms with E-state index in [0.29, 0.717) is 18.7 Å². The van der Waals surface area contributed by atoms with Crippen LogP contribution in [0.15, 0.2) is 29.2 Å². The minimum absolute atomic E-state index is 0.00281. The van der Waals surface area contributed by atoms with E-state index in [2.05, 4.69) is 5.32 Å². The van der Waals surface area contributed by atoms with Crippen LogP contribution in [0.4, 0.5) is 0 Å². The molecular weight excluding hydrogens is 314 g/mol. The second kappa shape index (κ2) is 7.42. The first-order chi connectivity index (χ1) is 10.9. The highest BCUT2D eigenvalue weighted by Crippen LogP contribution is 2.22. The number of hydrogen-bond donors (Lipinski definition) is 1. The molecule has 1 atom stereocenters. The molecule has 23 heavy (non-hydrogen) atoms. The van der Waals surface area contributed by atoms with Crippen molar-refractivity contribution >= 4 is 15.9 Å². The van der Waals surface area contributed by atoms with Crippen molar-refractivity contribution < 1.29 is 13.2 Å². The molecule has 1 aliphatic rings. The smallest absolute Gasteiger partial charge is 0.253 e. The normalized spacial score (nSPS) is 18.3. The van der Waals surface area contributed by atoms with Gasteiger partial charge in [0.15, 0.2) is 0 Å². The molecule has 0 saturated carbocycles. The van der Waals surface area contributed by atoms with Crippen LogP contribution < -0.4 is 5.32 Å². The Kier molecular flexibility index (Phi) is 5.78. The van der Waals surface area contributed by atoms with Crippen molar-refractivity contribution in [3.63, 3.8) is 0 Å². The van der Waals surface area contributed by atoms with Crippen molar-refractivity contribution in [3.8, 4) is 0 Å². The number of rotatable bonds is 6. The number of hydrogen-bond acceptors (Lipinski definition) is 4. The summed E-state index contributed by atoms with van der Waals surface area (Å²) in [5, 5.41) is 3.21. The number of sulfonamides is 1. The van der Waals surface area contributed by atoms with E-state index < -0.39 is 10.0 Å². The second-order valence-corrected chi connectivity index (χ2v) is 7.88. The Balaban J connectivity index is 2.28. The molecule has 1 saturated heterocycles. The highest BCUT2D eigenvalue weighted by Gasteiger charge is 2.32. The van der Waals surface area contributed by atoms with Gasteiger partial charge in [-0.25, -0.2) is 8.42 Å². The van der Waals surface area contributed by atoms with Gasteiger partial charge in [-0.05, 0) is 43.7 Å². The lowest BCUT2D eigenvalue weighted by Crippen LogP contribution is -2.42. The van der Waals surface area contributed by atoms with Gasteiger partial charge < -0.3 is 10.2 Å². The van der Waals surface area contributed by atoms with E-state index in [0.717, 1.165) is 19.4 Å². The highest BCUT2D eigenvalue weighted by molar-refractivity contribution is 7.89. The summed E-state index contributed by atoms with van der Waals surface area (Å²) in [6.45, 7) is 4.02. The monoisotopic (exact) mass is 339 g/mol. The van der Waals surface area contributed by atoms with E-state index in [1.807, 2.05) is 6.92 Å². The van der Waals surface area contributed by atoms with Gasteiger partial charge in [-0.2, -0.15) is 4.31 Å². The fourth-order valence-corrected chi connectivity index (χ4v) is 4.51. The number of nitrogens with one attached hydrogen (secondary N) is 1. The summed E-state index contributed by atoms with van der Waals surface area (Å²) < 4.78 is 27.4. The average molecular weight is 339 g/mol. The first kappa shape index (κ1) is 17.9. The molecule has 1 heterocycles. The largest absolute Gasteiger partial charge is 0.345 e. The summed E-state index contributed by atoms with van der Waals surface area (Å²) in [5.74, 6) is -0.139. The molecule has 0 radical (unpaired) electrons. The van der Waals surface area contributed by atoms with E-state index in [-0.39, 0.29) is 16.8 Å². The van der Waals surface area contributed by atoms with Gasteiger partial charge in [0.05, 0.1) is 4.90 Å². The molecule has 128 valence electrons. The molecule has 1 aromatic carbocycles. The zero-order valence-corrected chi connectivity index (χ0v) is 14.8. The molecule has 2 rings (SSSR count). The Morgan fingerprint density at radius 2 is 1.91 bits per heavy atom. The molecule has 0 bridgehead atoms. The van der Waals surface area contributed by atoms with Crippen LogP contribution in [0.3, 0.4) is 0 Å². The van der Waals surface area contributed by atoms with E-state index >= 15 is 0 Å². The van der Waals surface area contributed by atoms with E-state index in [1.165, 1.54) is 17.0 Å². The van der Waals surface area contributed by atoms with E-state index in [1.54, 1.807) is 30.5 Å². The molecular formula is C16H25N3O3S. The van der Waals surface area contributed by atoms with Crippen molar-refractivity contribution in [1.82, 2.24) is 14.5 Å². The van der Waals surface area contributed by atoms with Crippen molar-refractivity contribution in [3.05, 3.63) is 29.8 Å². The van der Waals surface area contributed by atoms with Crippen molar-refractivity contribution in [2.45, 2.75) is 30.7 Å². The summed E-state index contributed by atoms with van der Waals surface area (Å²) in [7, 11) is -0.202. The molecule has 7 heteroatoms. The van der Waals surface area contributed by atoms with Gasteiger partial charge in [-0.1, -0.05) is 6.92 Å². The Labute approximate surface area is 138 Å². The van der Waals surface area contributed by atoms with Gasteiger partial charge in [0, 0.05) is 38.8 Å². The maximum atomic E-state index is 12.9. The van der Waals surface area contributed by atoms with E-state index in [4.69, 9.17) is 0 Å². The Hall–Kier alpha value is -1.44. The molecule has 1 fully saturated rings. The predicted octanol–water partition coefficient (Wildman–Crippen LogP) is 1.15. The number of benzene rings is 1. The molecule has 6 nitrogen and oxygen atoms in total. The third-order valence-corrected chi connectivity index (χ3v) is 5.97. The Morgan fingerprint density at radius 3 is 2.39 bits per heavy atom. The maximum Gasteiger partial charge on any atom is 0.253 e. The molecule has 0 spiro atoms. The first-order valence-electron chi connectivity index (χ1n) is 7.92. The van der Waals surface area contributed by atoms with Crippen molar-refractivity contribution in [1.29, 1.82) is 0 Å². The predicted molar refractivity (Wildman–Crippen MR) is 89.9 cm³/mol. The summed E-state index contributed by atoms with van der Waals surface area (Å²) in [4.78, 5) is 13.6. The summed E-state index contributed by atoms with van der Waals surface area (Å²) in [6.07, 6.45) is 1.60. The Bertz CT molecular complexity index is 635. The molecule has 1 unspecified atom stereocenters. The molecule has 1 aliphatic heterocycles. The van der Waals surface area contributed by atoms with Crippen LogP contribution in [-0.2, 0) is 10.0 Å². The van der Waals surface area contributed by atoms with Crippen LogP contribution in [-0.4, -0.2) is 63.3 Å². The number of amides is 1. The third kappa shape index (κ3) is 3.91. The highest BCUT2D eigenvalue weighted by atomic mass is 32.2. The second-order valence-electron chi connectivity index (χ2n) is 5.99. The molecule has 1 N–H and O–H groups in total. The summed E-state index contributed by atoms with van der Waals surface area (Å²) in [6, 6.07) is 6.20. The molecule has 0 aliphatic carbocycles. The van der Waals surface area contributed by atoms with Crippen LogP contribution in [0.1, 0.15) is 30.1 Å². The maximum absolute atomic E-state index is 12.9. The average Bonchev–Trinajstić information content (AvgIpc) is 3.05. The lowest BCUT2D eigenvalue weighted by atomic mass is 10.2. The zero-order valence-electron chi connectivity index (χ0n) is 13.9. The molecule has 1 amide bonds. The van der Waals surface area contributed by atoms with Crippen LogP contribution in [0.2, 0.25) is 0 Å². The van der Waals surface area contributed by atoms with Crippen LogP contribution in [0, 0.1) is 0 Å². The summed E-state index contributed by atoms with van der Waals surface area (Å²) in [5.41, 5.74) is 0.485. The minimum atomic E-state index is -3.54. The fraction of sp³-hybridized carbons (Fsp3) is 0.562. The number of nitrogens with zero attached hydrogens (tertiary/aromatic N) is 2. The first-order valence-corrected chi connectivity index (χ1v) is 9.36. The van der Waals surface area contributed by atoms with Gasteiger partial charge in [0.25, 0.3) is 5.91 Å². The van der Waals surface area contributed by atoms with Gasteiger partial charge in [-0.15, -0.1) is 0 Å². The summed E-state index contributed by atoms with van der Waals surface area (Å²) >= 11 is 0. The minimum Gasteiger partial charge on any atom is -0.345 e.